The number of carbonyl (C=O) groups excluding carboxylic acids is 2. The molecule has 3 aromatic rings. The monoisotopic (exact) mass is 562 g/mol. The lowest BCUT2D eigenvalue weighted by Gasteiger charge is -2.34. The minimum Gasteiger partial charge on any atom is -0.465 e. The number of benzene rings is 1. The van der Waals surface area contributed by atoms with Crippen LogP contribution in [0.15, 0.2) is 39.7 Å². The number of ether oxygens (including phenoxy) is 2. The minimum absolute atomic E-state index is 0.0767. The Hall–Kier alpha value is -3.21. The number of esters is 1. The second-order valence-electron chi connectivity index (χ2n) is 9.75. The normalized spacial score (nSPS) is 16.3. The Morgan fingerprint density at radius 3 is 2.61 bits per heavy atom. The van der Waals surface area contributed by atoms with Crippen LogP contribution in [0.1, 0.15) is 55.7 Å². The van der Waals surface area contributed by atoms with Gasteiger partial charge in [-0.3, -0.25) is 14.1 Å². The van der Waals surface area contributed by atoms with Crippen molar-refractivity contribution in [2.75, 3.05) is 20.2 Å². The lowest BCUT2D eigenvalue weighted by atomic mass is 10.1. The number of fused-ring (bicyclic) bond motifs is 1. The Balaban J connectivity index is 1.72. The maximum Gasteiger partial charge on any atom is 0.410 e. The van der Waals surface area contributed by atoms with Crippen LogP contribution >= 0.6 is 15.9 Å². The topological polar surface area (TPSA) is 95.7 Å². The maximum atomic E-state index is 14.5. The fourth-order valence-electron chi connectivity index (χ4n) is 4.35. The van der Waals surface area contributed by atoms with Crippen molar-refractivity contribution >= 4 is 39.0 Å². The third-order valence-electron chi connectivity index (χ3n) is 5.98. The van der Waals surface area contributed by atoms with Gasteiger partial charge in [-0.2, -0.15) is 0 Å². The molecule has 0 N–H and O–H groups in total. The molecule has 0 bridgehead atoms. The highest BCUT2D eigenvalue weighted by Crippen LogP contribution is 2.29. The van der Waals surface area contributed by atoms with Crippen LogP contribution in [0, 0.1) is 5.82 Å². The zero-order valence-corrected chi connectivity index (χ0v) is 22.2. The first-order chi connectivity index (χ1) is 17.0. The molecule has 11 heteroatoms. The molecular formula is C25H28BrFN4O5. The molecule has 1 aromatic carbocycles. The highest BCUT2D eigenvalue weighted by molar-refractivity contribution is 9.10. The number of piperidine rings is 1. The number of carbonyl (C=O) groups is 2. The van der Waals surface area contributed by atoms with Gasteiger partial charge in [-0.15, -0.1) is 0 Å². The lowest BCUT2D eigenvalue weighted by molar-refractivity contribution is 0.0172. The second-order valence-corrected chi connectivity index (χ2v) is 10.6. The molecule has 0 spiro atoms. The average molecular weight is 563 g/mol. The number of pyridine rings is 1. The van der Waals surface area contributed by atoms with Crippen molar-refractivity contribution in [3.63, 3.8) is 0 Å². The van der Waals surface area contributed by atoms with E-state index in [-0.39, 0.29) is 28.3 Å². The van der Waals surface area contributed by atoms with Crippen molar-refractivity contribution in [2.24, 2.45) is 0 Å². The standard InChI is InChI=1S/C25H28BrFN4O5/c1-25(2,3)36-24(34)29-9-5-6-17(14-29)31-21-10-18(26)19(27)11-20(21)30(23(31)33)13-16-8-7-15(12-28-16)22(32)35-4/h7-8,10-12,17H,5-6,9,13-14H2,1-4H3. The zero-order valence-electron chi connectivity index (χ0n) is 20.6. The van der Waals surface area contributed by atoms with E-state index in [1.165, 1.54) is 23.9 Å². The number of aromatic nitrogens is 3. The fourth-order valence-corrected chi connectivity index (χ4v) is 4.68. The number of hydrogen-bond donors (Lipinski definition) is 0. The lowest BCUT2D eigenvalue weighted by Crippen LogP contribution is -2.45. The summed E-state index contributed by atoms with van der Waals surface area (Å²) in [5, 5.41) is 0. The summed E-state index contributed by atoms with van der Waals surface area (Å²) in [7, 11) is 1.28. The van der Waals surface area contributed by atoms with E-state index in [9.17, 15) is 18.8 Å². The van der Waals surface area contributed by atoms with Crippen LogP contribution in [-0.4, -0.2) is 56.9 Å². The first-order valence-electron chi connectivity index (χ1n) is 11.6. The Labute approximate surface area is 215 Å². The van der Waals surface area contributed by atoms with E-state index in [1.54, 1.807) is 27.7 Å². The van der Waals surface area contributed by atoms with E-state index >= 15 is 0 Å². The Kier molecular flexibility index (Phi) is 7.21. The van der Waals surface area contributed by atoms with Gasteiger partial charge in [0.05, 0.1) is 46.5 Å². The van der Waals surface area contributed by atoms with Gasteiger partial charge in [0, 0.05) is 25.4 Å². The van der Waals surface area contributed by atoms with Crippen molar-refractivity contribution < 1.29 is 23.5 Å². The summed E-state index contributed by atoms with van der Waals surface area (Å²) in [4.78, 5) is 44.0. The molecule has 1 atom stereocenters. The molecule has 192 valence electrons. The van der Waals surface area contributed by atoms with Crippen LogP contribution in [0.2, 0.25) is 0 Å². The van der Waals surface area contributed by atoms with Crippen molar-refractivity contribution in [2.45, 2.75) is 51.8 Å². The predicted molar refractivity (Wildman–Crippen MR) is 135 cm³/mol. The number of rotatable bonds is 4. The van der Waals surface area contributed by atoms with Gasteiger partial charge in [0.25, 0.3) is 0 Å². The van der Waals surface area contributed by atoms with Crippen LogP contribution < -0.4 is 5.69 Å². The van der Waals surface area contributed by atoms with E-state index in [4.69, 9.17) is 9.47 Å². The van der Waals surface area contributed by atoms with Crippen LogP contribution in [0.5, 0.6) is 0 Å². The Morgan fingerprint density at radius 1 is 1.22 bits per heavy atom. The smallest absolute Gasteiger partial charge is 0.410 e. The largest absolute Gasteiger partial charge is 0.465 e. The van der Waals surface area contributed by atoms with E-state index in [1.807, 2.05) is 20.8 Å². The molecule has 0 aliphatic carbocycles. The molecule has 9 nitrogen and oxygen atoms in total. The first kappa shape index (κ1) is 25.9. The summed E-state index contributed by atoms with van der Waals surface area (Å²) < 4.78 is 28.1. The summed E-state index contributed by atoms with van der Waals surface area (Å²) in [5.41, 5.74) is 0.804. The minimum atomic E-state index is -0.629. The van der Waals surface area contributed by atoms with E-state index in [2.05, 4.69) is 20.9 Å². The maximum absolute atomic E-state index is 14.5. The summed E-state index contributed by atoms with van der Waals surface area (Å²) in [5.74, 6) is -1.01. The number of imidazole rings is 1. The van der Waals surface area contributed by atoms with Crippen molar-refractivity contribution in [1.29, 1.82) is 0 Å². The number of methoxy groups -OCH3 is 1. The molecule has 1 unspecified atom stereocenters. The Morgan fingerprint density at radius 2 is 1.97 bits per heavy atom. The van der Waals surface area contributed by atoms with Gasteiger partial charge in [0.2, 0.25) is 0 Å². The third-order valence-corrected chi connectivity index (χ3v) is 6.59. The Bertz CT molecular complexity index is 1360. The number of likely N-dealkylation sites (tertiary alicyclic amines) is 1. The molecular weight excluding hydrogens is 535 g/mol. The molecule has 2 aromatic heterocycles. The van der Waals surface area contributed by atoms with Gasteiger partial charge in [-0.05, 0) is 67.7 Å². The summed E-state index contributed by atoms with van der Waals surface area (Å²) >= 11 is 3.23. The zero-order chi connectivity index (χ0) is 26.2. The highest BCUT2D eigenvalue weighted by Gasteiger charge is 2.31. The number of amides is 1. The van der Waals surface area contributed by atoms with E-state index in [0.29, 0.717) is 42.7 Å². The van der Waals surface area contributed by atoms with Crippen LogP contribution in [0.3, 0.4) is 0 Å². The van der Waals surface area contributed by atoms with Crippen LogP contribution in [0.4, 0.5) is 9.18 Å². The van der Waals surface area contributed by atoms with Crippen LogP contribution in [0.25, 0.3) is 11.0 Å². The predicted octanol–water partition coefficient (Wildman–Crippen LogP) is 4.51. The molecule has 1 saturated heterocycles. The average Bonchev–Trinajstić information content (AvgIpc) is 3.08. The van der Waals surface area contributed by atoms with Crippen molar-refractivity contribution in [3.8, 4) is 0 Å². The first-order valence-corrected chi connectivity index (χ1v) is 12.4. The van der Waals surface area contributed by atoms with Gasteiger partial charge in [0.1, 0.15) is 11.4 Å². The molecule has 3 heterocycles. The number of halogens is 2. The molecule has 0 saturated carbocycles. The van der Waals surface area contributed by atoms with E-state index < -0.39 is 23.5 Å². The quantitative estimate of drug-likeness (QED) is 0.434. The van der Waals surface area contributed by atoms with E-state index in [0.717, 1.165) is 0 Å². The van der Waals surface area contributed by atoms with Gasteiger partial charge < -0.3 is 14.4 Å². The van der Waals surface area contributed by atoms with Gasteiger partial charge in [0.15, 0.2) is 0 Å². The summed E-state index contributed by atoms with van der Waals surface area (Å²) in [6.45, 7) is 6.34. The summed E-state index contributed by atoms with van der Waals surface area (Å²) in [6.07, 6.45) is 2.33. The SMILES string of the molecule is COC(=O)c1ccc(Cn2c(=O)n(C3CCCN(C(=O)OC(C)(C)C)C3)c3cc(Br)c(F)cc32)nc1. The molecule has 0 radical (unpaired) electrons. The summed E-state index contributed by atoms with van der Waals surface area (Å²) in [6, 6.07) is 5.78. The molecule has 4 rings (SSSR count). The molecule has 1 amide bonds. The second kappa shape index (κ2) is 10.0. The highest BCUT2D eigenvalue weighted by atomic mass is 79.9. The van der Waals surface area contributed by atoms with Crippen molar-refractivity contribution in [3.05, 3.63) is 62.5 Å². The molecule has 1 aliphatic rings. The van der Waals surface area contributed by atoms with Gasteiger partial charge >= 0.3 is 17.8 Å². The molecule has 1 fully saturated rings. The van der Waals surface area contributed by atoms with Crippen molar-refractivity contribution in [1.82, 2.24) is 19.0 Å². The third kappa shape index (κ3) is 5.30. The molecule has 36 heavy (non-hydrogen) atoms. The van der Waals surface area contributed by atoms with Gasteiger partial charge in [-0.25, -0.2) is 18.8 Å². The fraction of sp³-hybridized carbons (Fsp3) is 0.440. The molecule has 1 aliphatic heterocycles. The van der Waals surface area contributed by atoms with Crippen LogP contribution in [-0.2, 0) is 16.0 Å². The number of hydrogen-bond acceptors (Lipinski definition) is 6. The van der Waals surface area contributed by atoms with Gasteiger partial charge in [-0.1, -0.05) is 0 Å². The number of nitrogens with zero attached hydrogens (tertiary/aromatic N) is 4.